The van der Waals surface area contributed by atoms with Gasteiger partial charge in [0.25, 0.3) is 0 Å². The second-order valence-corrected chi connectivity index (χ2v) is 4.93. The molecular formula is C11H21NO3. The van der Waals surface area contributed by atoms with Gasteiger partial charge in [-0.1, -0.05) is 0 Å². The van der Waals surface area contributed by atoms with E-state index in [9.17, 15) is 4.79 Å². The molecular weight excluding hydrogens is 194 g/mol. The van der Waals surface area contributed by atoms with Crippen molar-refractivity contribution in [3.63, 3.8) is 0 Å². The molecule has 15 heavy (non-hydrogen) atoms. The van der Waals surface area contributed by atoms with E-state index < -0.39 is 0 Å². The van der Waals surface area contributed by atoms with Crippen LogP contribution in [0.25, 0.3) is 0 Å². The number of ether oxygens (including phenoxy) is 1. The van der Waals surface area contributed by atoms with Crippen molar-refractivity contribution in [2.24, 2.45) is 0 Å². The van der Waals surface area contributed by atoms with Crippen molar-refractivity contribution in [1.29, 1.82) is 0 Å². The summed E-state index contributed by atoms with van der Waals surface area (Å²) in [7, 11) is 0. The maximum absolute atomic E-state index is 11.4. The van der Waals surface area contributed by atoms with Crippen LogP contribution in [0.4, 0.5) is 0 Å². The van der Waals surface area contributed by atoms with Gasteiger partial charge < -0.3 is 4.74 Å². The lowest BCUT2D eigenvalue weighted by Gasteiger charge is -2.23. The fraction of sp³-hybridized carbons (Fsp3) is 0.909. The van der Waals surface area contributed by atoms with Crippen molar-refractivity contribution in [3.05, 3.63) is 0 Å². The van der Waals surface area contributed by atoms with Gasteiger partial charge in [0.15, 0.2) is 0 Å². The van der Waals surface area contributed by atoms with Crippen LogP contribution < -0.4 is 5.48 Å². The average Bonchev–Trinajstić information content (AvgIpc) is 2.15. The molecule has 0 radical (unpaired) electrons. The predicted octanol–water partition coefficient (Wildman–Crippen LogP) is 1.79. The lowest BCUT2D eigenvalue weighted by atomic mass is 10.1. The number of nitrogens with one attached hydrogen (secondary N) is 1. The third kappa shape index (κ3) is 5.74. The van der Waals surface area contributed by atoms with E-state index in [0.717, 1.165) is 25.9 Å². The molecule has 4 nitrogen and oxygen atoms in total. The van der Waals surface area contributed by atoms with E-state index in [0.29, 0.717) is 6.42 Å². The Morgan fingerprint density at radius 3 is 2.73 bits per heavy atom. The number of rotatable bonds is 3. The first kappa shape index (κ1) is 12.5. The minimum atomic E-state index is -0.344. The first-order valence-corrected chi connectivity index (χ1v) is 5.56. The first-order chi connectivity index (χ1) is 6.97. The summed E-state index contributed by atoms with van der Waals surface area (Å²) in [5, 5.41) is 0. The van der Waals surface area contributed by atoms with Crippen molar-refractivity contribution < 1.29 is 14.4 Å². The van der Waals surface area contributed by atoms with Crippen molar-refractivity contribution >= 4 is 5.91 Å². The monoisotopic (exact) mass is 215 g/mol. The fourth-order valence-electron chi connectivity index (χ4n) is 1.43. The Kier molecular flexibility index (Phi) is 4.54. The first-order valence-electron chi connectivity index (χ1n) is 5.56. The van der Waals surface area contributed by atoms with Crippen molar-refractivity contribution in [3.8, 4) is 0 Å². The van der Waals surface area contributed by atoms with Gasteiger partial charge in [-0.05, 0) is 40.0 Å². The summed E-state index contributed by atoms with van der Waals surface area (Å²) < 4.78 is 5.46. The Bertz CT molecular complexity index is 204. The molecule has 0 aromatic heterocycles. The van der Waals surface area contributed by atoms with E-state index in [2.05, 4.69) is 5.48 Å². The van der Waals surface area contributed by atoms with Crippen molar-refractivity contribution in [1.82, 2.24) is 5.48 Å². The average molecular weight is 215 g/mol. The largest absolute Gasteiger partial charge is 0.378 e. The number of hydrogen-bond donors (Lipinski definition) is 1. The van der Waals surface area contributed by atoms with Gasteiger partial charge >= 0.3 is 0 Å². The highest BCUT2D eigenvalue weighted by atomic mass is 16.7. The fourth-order valence-corrected chi connectivity index (χ4v) is 1.43. The molecule has 4 heteroatoms. The van der Waals surface area contributed by atoms with Gasteiger partial charge in [0.05, 0.1) is 18.1 Å². The van der Waals surface area contributed by atoms with Gasteiger partial charge in [-0.15, -0.1) is 0 Å². The molecule has 1 aliphatic rings. The maximum atomic E-state index is 11.4. The van der Waals surface area contributed by atoms with Crippen LogP contribution >= 0.6 is 0 Å². The van der Waals surface area contributed by atoms with Crippen LogP contribution in [0.15, 0.2) is 0 Å². The Labute approximate surface area is 91.3 Å². The highest BCUT2D eigenvalue weighted by Gasteiger charge is 2.19. The van der Waals surface area contributed by atoms with Crippen LogP contribution in [0.5, 0.6) is 0 Å². The van der Waals surface area contributed by atoms with E-state index in [-0.39, 0.29) is 17.6 Å². The van der Waals surface area contributed by atoms with Crippen molar-refractivity contribution in [2.45, 2.75) is 58.2 Å². The molecule has 0 spiro atoms. The highest BCUT2D eigenvalue weighted by molar-refractivity contribution is 5.75. The van der Waals surface area contributed by atoms with Crippen LogP contribution in [0.3, 0.4) is 0 Å². The molecule has 0 saturated carbocycles. The van der Waals surface area contributed by atoms with E-state index in [1.54, 1.807) is 0 Å². The standard InChI is InChI=1S/C11H21NO3/c1-11(2,3)15-12-10(13)8-9-6-4-5-7-14-9/h9H,4-8H2,1-3H3,(H,12,13). The van der Waals surface area contributed by atoms with Gasteiger partial charge in [-0.25, -0.2) is 5.48 Å². The summed E-state index contributed by atoms with van der Waals surface area (Å²) >= 11 is 0. The normalized spacial score (nSPS) is 22.5. The molecule has 88 valence electrons. The summed E-state index contributed by atoms with van der Waals surface area (Å²) in [6.45, 7) is 6.46. The van der Waals surface area contributed by atoms with E-state index in [1.165, 1.54) is 0 Å². The molecule has 1 N–H and O–H groups in total. The third-order valence-corrected chi connectivity index (χ3v) is 2.16. The number of amides is 1. The zero-order chi connectivity index (χ0) is 11.3. The number of carbonyl (C=O) groups is 1. The highest BCUT2D eigenvalue weighted by Crippen LogP contribution is 2.15. The minimum Gasteiger partial charge on any atom is -0.378 e. The van der Waals surface area contributed by atoms with Crippen LogP contribution in [-0.2, 0) is 14.4 Å². The third-order valence-electron chi connectivity index (χ3n) is 2.16. The molecule has 0 bridgehead atoms. The molecule has 1 saturated heterocycles. The smallest absolute Gasteiger partial charge is 0.246 e. The van der Waals surface area contributed by atoms with Gasteiger partial charge in [0, 0.05) is 6.61 Å². The molecule has 0 aromatic carbocycles. The van der Waals surface area contributed by atoms with Gasteiger partial charge in [0.1, 0.15) is 0 Å². The second-order valence-electron chi connectivity index (χ2n) is 4.93. The molecule has 0 aliphatic carbocycles. The Hall–Kier alpha value is -0.610. The number of carbonyl (C=O) groups excluding carboxylic acids is 1. The van der Waals surface area contributed by atoms with Crippen molar-refractivity contribution in [2.75, 3.05) is 6.61 Å². The zero-order valence-corrected chi connectivity index (χ0v) is 9.84. The van der Waals surface area contributed by atoms with Crippen LogP contribution in [0.1, 0.15) is 46.5 Å². The quantitative estimate of drug-likeness (QED) is 0.730. The van der Waals surface area contributed by atoms with Crippen LogP contribution in [-0.4, -0.2) is 24.2 Å². The minimum absolute atomic E-state index is 0.0716. The molecule has 1 heterocycles. The summed E-state index contributed by atoms with van der Waals surface area (Å²) in [6, 6.07) is 0. The van der Waals surface area contributed by atoms with E-state index >= 15 is 0 Å². The molecule has 1 unspecified atom stereocenters. The molecule has 0 aromatic rings. The van der Waals surface area contributed by atoms with Gasteiger partial charge in [-0.2, -0.15) is 0 Å². The number of hydrogen-bond acceptors (Lipinski definition) is 3. The van der Waals surface area contributed by atoms with Gasteiger partial charge in [0.2, 0.25) is 5.91 Å². The van der Waals surface area contributed by atoms with Crippen LogP contribution in [0.2, 0.25) is 0 Å². The topological polar surface area (TPSA) is 47.6 Å². The van der Waals surface area contributed by atoms with Crippen LogP contribution in [0, 0.1) is 0 Å². The Morgan fingerprint density at radius 2 is 2.20 bits per heavy atom. The molecule has 1 amide bonds. The summed E-state index contributed by atoms with van der Waals surface area (Å²) in [5.74, 6) is -0.100. The molecule has 1 fully saturated rings. The lowest BCUT2D eigenvalue weighted by Crippen LogP contribution is -2.36. The Morgan fingerprint density at radius 1 is 1.47 bits per heavy atom. The number of hydroxylamine groups is 1. The maximum Gasteiger partial charge on any atom is 0.246 e. The lowest BCUT2D eigenvalue weighted by molar-refractivity contribution is -0.149. The van der Waals surface area contributed by atoms with E-state index in [1.807, 2.05) is 20.8 Å². The predicted molar refractivity (Wildman–Crippen MR) is 57.2 cm³/mol. The Balaban J connectivity index is 2.17. The second kappa shape index (κ2) is 5.47. The summed E-state index contributed by atoms with van der Waals surface area (Å²) in [5.41, 5.74) is 2.11. The summed E-state index contributed by atoms with van der Waals surface area (Å²) in [4.78, 5) is 16.6. The summed E-state index contributed by atoms with van der Waals surface area (Å²) in [6.07, 6.45) is 3.70. The van der Waals surface area contributed by atoms with Gasteiger partial charge in [-0.3, -0.25) is 9.63 Å². The molecule has 1 aliphatic heterocycles. The SMILES string of the molecule is CC(C)(C)ONC(=O)CC1CCCCO1. The molecule has 1 rings (SSSR count). The zero-order valence-electron chi connectivity index (χ0n) is 9.84. The molecule has 1 atom stereocenters. The van der Waals surface area contributed by atoms with E-state index in [4.69, 9.17) is 9.57 Å².